The molecule has 2 amide bonds. The summed E-state index contributed by atoms with van der Waals surface area (Å²) >= 11 is 0. The van der Waals surface area contributed by atoms with Crippen molar-refractivity contribution >= 4 is 11.8 Å². The van der Waals surface area contributed by atoms with Gasteiger partial charge in [-0.3, -0.25) is 14.6 Å². The van der Waals surface area contributed by atoms with E-state index in [0.29, 0.717) is 24.8 Å². The number of amides is 2. The molecule has 1 aromatic heterocycles. The number of hydrogen-bond donors (Lipinski definition) is 1. The molecule has 1 aromatic carbocycles. The number of likely N-dealkylation sites (tertiary alicyclic amines) is 1. The van der Waals surface area contributed by atoms with Crippen LogP contribution in [0.4, 0.5) is 4.39 Å². The summed E-state index contributed by atoms with van der Waals surface area (Å²) in [6.07, 6.45) is 7.76. The molecule has 2 aromatic rings. The summed E-state index contributed by atoms with van der Waals surface area (Å²) in [6, 6.07) is 9.84. The lowest BCUT2D eigenvalue weighted by atomic mass is 9.97. The van der Waals surface area contributed by atoms with Gasteiger partial charge in [-0.15, -0.1) is 0 Å². The van der Waals surface area contributed by atoms with Gasteiger partial charge in [0.25, 0.3) is 5.91 Å². The van der Waals surface area contributed by atoms with Crippen LogP contribution in [0, 0.1) is 5.82 Å². The number of hydrogen-bond acceptors (Lipinski definition) is 3. The smallest absolute Gasteiger partial charge is 0.256 e. The highest BCUT2D eigenvalue weighted by atomic mass is 19.1. The zero-order chi connectivity index (χ0) is 19.5. The topological polar surface area (TPSA) is 62.3 Å². The fourth-order valence-electron chi connectivity index (χ4n) is 4.47. The molecule has 0 bridgehead atoms. The minimum absolute atomic E-state index is 0.0256. The minimum atomic E-state index is -0.271. The number of nitrogens with zero attached hydrogens (tertiary/aromatic N) is 2. The Morgan fingerprint density at radius 2 is 2.04 bits per heavy atom. The van der Waals surface area contributed by atoms with Gasteiger partial charge in [-0.25, -0.2) is 4.39 Å². The molecule has 146 valence electrons. The predicted octanol–water partition coefficient (Wildman–Crippen LogP) is 3.11. The lowest BCUT2D eigenvalue weighted by molar-refractivity contribution is -0.122. The largest absolute Gasteiger partial charge is 0.351 e. The number of halogens is 1. The van der Waals surface area contributed by atoms with E-state index in [-0.39, 0.29) is 35.8 Å². The first-order chi connectivity index (χ1) is 13.6. The molecule has 3 heterocycles. The number of fused-ring (bicyclic) bond motifs is 1. The molecule has 2 aliphatic rings. The van der Waals surface area contributed by atoms with E-state index < -0.39 is 0 Å². The number of carbonyl (C=O) groups excluding carboxylic acids is 2. The average Bonchev–Trinajstić information content (AvgIpc) is 3.01. The number of nitrogens with one attached hydrogen (secondary N) is 1. The molecule has 2 saturated heterocycles. The van der Waals surface area contributed by atoms with Crippen molar-refractivity contribution in [3.63, 3.8) is 0 Å². The Labute approximate surface area is 164 Å². The quantitative estimate of drug-likeness (QED) is 0.889. The lowest BCUT2D eigenvalue weighted by Gasteiger charge is -2.33. The van der Waals surface area contributed by atoms with Crippen LogP contribution in [0.15, 0.2) is 48.8 Å². The van der Waals surface area contributed by atoms with Crippen LogP contribution in [0.2, 0.25) is 0 Å². The average molecular weight is 381 g/mol. The Hall–Kier alpha value is -2.76. The first-order valence-corrected chi connectivity index (χ1v) is 9.88. The summed E-state index contributed by atoms with van der Waals surface area (Å²) in [5, 5.41) is 3.13. The normalized spacial score (nSPS) is 24.8. The third-order valence-electron chi connectivity index (χ3n) is 5.77. The third-order valence-corrected chi connectivity index (χ3v) is 5.77. The van der Waals surface area contributed by atoms with Crippen molar-refractivity contribution in [2.24, 2.45) is 0 Å². The van der Waals surface area contributed by atoms with E-state index in [1.165, 1.54) is 12.1 Å². The monoisotopic (exact) mass is 381 g/mol. The van der Waals surface area contributed by atoms with E-state index in [1.54, 1.807) is 36.7 Å². The van der Waals surface area contributed by atoms with Gasteiger partial charge in [-0.1, -0.05) is 18.6 Å². The molecule has 0 saturated carbocycles. The second-order valence-electron chi connectivity index (χ2n) is 7.66. The van der Waals surface area contributed by atoms with E-state index >= 15 is 0 Å². The van der Waals surface area contributed by atoms with Gasteiger partial charge in [-0.05, 0) is 55.5 Å². The van der Waals surface area contributed by atoms with Crippen LogP contribution in [0.5, 0.6) is 0 Å². The molecule has 5 nitrogen and oxygen atoms in total. The SMILES string of the molecule is O=C1CCCC[C@H]2[C@@H](C[C@H](Cc3ccc(F)cc3)N2C(=O)c2cccnc2)N1. The van der Waals surface area contributed by atoms with Gasteiger partial charge < -0.3 is 10.2 Å². The zero-order valence-electron chi connectivity index (χ0n) is 15.7. The summed E-state index contributed by atoms with van der Waals surface area (Å²) in [7, 11) is 0. The van der Waals surface area contributed by atoms with E-state index in [0.717, 1.165) is 24.8 Å². The Bertz CT molecular complexity index is 841. The van der Waals surface area contributed by atoms with Gasteiger partial charge in [0.15, 0.2) is 0 Å². The number of carbonyl (C=O) groups is 2. The van der Waals surface area contributed by atoms with E-state index in [4.69, 9.17) is 0 Å². The second-order valence-corrected chi connectivity index (χ2v) is 7.66. The molecule has 6 heteroatoms. The number of aromatic nitrogens is 1. The Morgan fingerprint density at radius 3 is 2.79 bits per heavy atom. The highest BCUT2D eigenvalue weighted by Gasteiger charge is 2.44. The molecule has 0 spiro atoms. The molecular formula is C22H24FN3O2. The van der Waals surface area contributed by atoms with Crippen molar-refractivity contribution in [2.75, 3.05) is 0 Å². The van der Waals surface area contributed by atoms with Gasteiger partial charge in [0.05, 0.1) is 17.6 Å². The minimum Gasteiger partial charge on any atom is -0.351 e. The molecule has 4 rings (SSSR count). The van der Waals surface area contributed by atoms with Crippen LogP contribution in [0.1, 0.15) is 48.0 Å². The molecule has 2 aliphatic heterocycles. The number of rotatable bonds is 3. The Morgan fingerprint density at radius 1 is 1.21 bits per heavy atom. The highest BCUT2D eigenvalue weighted by Crippen LogP contribution is 2.33. The summed E-state index contributed by atoms with van der Waals surface area (Å²) < 4.78 is 13.3. The molecule has 28 heavy (non-hydrogen) atoms. The second kappa shape index (κ2) is 8.09. The van der Waals surface area contributed by atoms with E-state index in [2.05, 4.69) is 10.3 Å². The number of benzene rings is 1. The summed E-state index contributed by atoms with van der Waals surface area (Å²) in [5.74, 6) is -0.263. The fourth-order valence-corrected chi connectivity index (χ4v) is 4.47. The van der Waals surface area contributed by atoms with Crippen molar-refractivity contribution in [3.8, 4) is 0 Å². The van der Waals surface area contributed by atoms with Gasteiger partial charge in [-0.2, -0.15) is 0 Å². The van der Waals surface area contributed by atoms with Crippen LogP contribution in [0.25, 0.3) is 0 Å². The maximum atomic E-state index is 13.3. The maximum Gasteiger partial charge on any atom is 0.256 e. The van der Waals surface area contributed by atoms with Gasteiger partial charge in [0.2, 0.25) is 5.91 Å². The molecule has 1 N–H and O–H groups in total. The first kappa shape index (κ1) is 18.6. The summed E-state index contributed by atoms with van der Waals surface area (Å²) in [6.45, 7) is 0. The van der Waals surface area contributed by atoms with Crippen LogP contribution in [-0.2, 0) is 11.2 Å². The molecule has 0 unspecified atom stereocenters. The fraction of sp³-hybridized carbons (Fsp3) is 0.409. The van der Waals surface area contributed by atoms with E-state index in [9.17, 15) is 14.0 Å². The highest BCUT2D eigenvalue weighted by molar-refractivity contribution is 5.94. The van der Waals surface area contributed by atoms with Crippen LogP contribution >= 0.6 is 0 Å². The Kier molecular flexibility index (Phi) is 5.37. The summed E-state index contributed by atoms with van der Waals surface area (Å²) in [4.78, 5) is 31.5. The zero-order valence-corrected chi connectivity index (χ0v) is 15.7. The molecule has 3 atom stereocenters. The van der Waals surface area contributed by atoms with Crippen LogP contribution < -0.4 is 5.32 Å². The predicted molar refractivity (Wildman–Crippen MR) is 103 cm³/mol. The maximum absolute atomic E-state index is 13.3. The van der Waals surface area contributed by atoms with E-state index in [1.807, 2.05) is 4.90 Å². The van der Waals surface area contributed by atoms with Gasteiger partial charge >= 0.3 is 0 Å². The van der Waals surface area contributed by atoms with Crippen LogP contribution in [-0.4, -0.2) is 39.8 Å². The number of pyridine rings is 1. The first-order valence-electron chi connectivity index (χ1n) is 9.88. The van der Waals surface area contributed by atoms with Crippen molar-refractivity contribution in [2.45, 2.75) is 56.7 Å². The summed E-state index contributed by atoms with van der Waals surface area (Å²) in [5.41, 5.74) is 1.54. The van der Waals surface area contributed by atoms with Gasteiger partial charge in [0.1, 0.15) is 5.82 Å². The van der Waals surface area contributed by atoms with Crippen molar-refractivity contribution in [1.82, 2.24) is 15.2 Å². The van der Waals surface area contributed by atoms with Crippen molar-refractivity contribution in [1.29, 1.82) is 0 Å². The Balaban J connectivity index is 1.64. The lowest BCUT2D eigenvalue weighted by Crippen LogP contribution is -2.49. The van der Waals surface area contributed by atoms with Crippen LogP contribution in [0.3, 0.4) is 0 Å². The standard InChI is InChI=1S/C22H24FN3O2/c23-17-9-7-15(8-10-17)12-18-13-19-20(5-1-2-6-21(27)25-19)26(18)22(28)16-4-3-11-24-14-16/h3-4,7-11,14,18-20H,1-2,5-6,12-13H2,(H,25,27)/t18-,19+,20-/m0/s1. The van der Waals surface area contributed by atoms with Crippen molar-refractivity contribution < 1.29 is 14.0 Å². The molecule has 0 radical (unpaired) electrons. The van der Waals surface area contributed by atoms with Gasteiger partial charge in [0, 0.05) is 24.9 Å². The molecule has 0 aliphatic carbocycles. The molecular weight excluding hydrogens is 357 g/mol. The third kappa shape index (κ3) is 3.91. The molecule has 2 fully saturated rings. The van der Waals surface area contributed by atoms with Crippen molar-refractivity contribution in [3.05, 3.63) is 65.7 Å².